The van der Waals surface area contributed by atoms with Crippen molar-refractivity contribution >= 4 is 6.03 Å². The molecule has 0 aromatic carbocycles. The summed E-state index contributed by atoms with van der Waals surface area (Å²) >= 11 is 0. The van der Waals surface area contributed by atoms with Gasteiger partial charge in [-0.2, -0.15) is 4.98 Å². The Morgan fingerprint density at radius 3 is 2.82 bits per heavy atom. The van der Waals surface area contributed by atoms with E-state index in [2.05, 4.69) is 27.7 Å². The van der Waals surface area contributed by atoms with Crippen molar-refractivity contribution in [2.24, 2.45) is 5.92 Å². The molecule has 1 fully saturated rings. The van der Waals surface area contributed by atoms with E-state index in [0.29, 0.717) is 49.9 Å². The largest absolute Gasteiger partial charge is 0.376 e. The van der Waals surface area contributed by atoms with Crippen LogP contribution in [-0.2, 0) is 11.2 Å². The predicted octanol–water partition coefficient (Wildman–Crippen LogP) is 1.82. The topological polar surface area (TPSA) is 89.3 Å². The summed E-state index contributed by atoms with van der Waals surface area (Å²) in [7, 11) is 0. The Balaban J connectivity index is 1.50. The Kier molecular flexibility index (Phi) is 6.64. The number of rotatable bonds is 7. The van der Waals surface area contributed by atoms with Gasteiger partial charge >= 0.3 is 6.03 Å². The molecule has 2 N–H and O–H groups in total. The quantitative estimate of drug-likeness (QED) is 0.750. The number of nitrogens with zero attached hydrogens (tertiary/aromatic N) is 2. The van der Waals surface area contributed by atoms with Gasteiger partial charge in [-0.25, -0.2) is 4.79 Å². The highest BCUT2D eigenvalue weighted by atomic mass is 16.5. The smallest absolute Gasteiger partial charge is 0.314 e. The molecule has 0 saturated heterocycles. The van der Waals surface area contributed by atoms with Gasteiger partial charge in [-0.3, -0.25) is 0 Å². The lowest BCUT2D eigenvalue weighted by atomic mass is 9.88. The molecule has 0 spiro atoms. The summed E-state index contributed by atoms with van der Waals surface area (Å²) in [5, 5.41) is 9.24. The molecule has 0 radical (unpaired) electrons. The molecular weight excluding hydrogens is 284 g/mol. The van der Waals surface area contributed by atoms with E-state index in [1.54, 1.807) is 6.92 Å². The summed E-state index contributed by atoms with van der Waals surface area (Å²) in [5.74, 6) is 1.77. The van der Waals surface area contributed by atoms with Gasteiger partial charge < -0.3 is 19.9 Å². The van der Waals surface area contributed by atoms with Gasteiger partial charge in [0.1, 0.15) is 0 Å². The van der Waals surface area contributed by atoms with Gasteiger partial charge in [-0.15, -0.1) is 0 Å². The van der Waals surface area contributed by atoms with Crippen LogP contribution in [0.3, 0.4) is 0 Å². The zero-order valence-electron chi connectivity index (χ0n) is 13.4. The summed E-state index contributed by atoms with van der Waals surface area (Å²) in [6, 6.07) is -0.198. The summed E-state index contributed by atoms with van der Waals surface area (Å²) in [6.45, 7) is 5.55. The lowest BCUT2D eigenvalue weighted by Gasteiger charge is -2.28. The zero-order valence-corrected chi connectivity index (χ0v) is 13.4. The van der Waals surface area contributed by atoms with Crippen molar-refractivity contribution in [1.82, 2.24) is 20.8 Å². The standard InChI is InChI=1S/C15H26N4O3/c1-11-5-3-4-6-13(11)21-10-9-17-15(20)16-8-7-14-18-12(2)19-22-14/h11,13H,3-10H2,1-2H3,(H2,16,17,20)/t11-,13+/m0/s1. The molecule has 1 aliphatic rings. The number of hydrogen-bond acceptors (Lipinski definition) is 5. The average Bonchev–Trinajstić information content (AvgIpc) is 2.91. The fraction of sp³-hybridized carbons (Fsp3) is 0.800. The van der Waals surface area contributed by atoms with E-state index < -0.39 is 0 Å². The van der Waals surface area contributed by atoms with Crippen molar-refractivity contribution in [2.45, 2.75) is 52.1 Å². The van der Waals surface area contributed by atoms with Crippen LogP contribution >= 0.6 is 0 Å². The molecule has 1 saturated carbocycles. The minimum absolute atomic E-state index is 0.198. The van der Waals surface area contributed by atoms with Crippen LogP contribution in [0.25, 0.3) is 0 Å². The van der Waals surface area contributed by atoms with Crippen LogP contribution in [0.15, 0.2) is 4.52 Å². The highest BCUT2D eigenvalue weighted by Crippen LogP contribution is 2.25. The van der Waals surface area contributed by atoms with Crippen LogP contribution in [0.2, 0.25) is 0 Å². The van der Waals surface area contributed by atoms with Crippen molar-refractivity contribution in [3.63, 3.8) is 0 Å². The second-order valence-corrected chi connectivity index (χ2v) is 5.84. The van der Waals surface area contributed by atoms with Crippen LogP contribution in [0, 0.1) is 12.8 Å². The first-order chi connectivity index (χ1) is 10.6. The third kappa shape index (κ3) is 5.63. The number of aryl methyl sites for hydroxylation is 1. The number of urea groups is 1. The van der Waals surface area contributed by atoms with Gasteiger partial charge in [0.25, 0.3) is 0 Å². The molecule has 1 aromatic rings. The number of hydrogen-bond donors (Lipinski definition) is 2. The first-order valence-electron chi connectivity index (χ1n) is 8.07. The van der Waals surface area contributed by atoms with E-state index in [4.69, 9.17) is 9.26 Å². The van der Waals surface area contributed by atoms with Crippen molar-refractivity contribution < 1.29 is 14.1 Å². The van der Waals surface area contributed by atoms with Crippen LogP contribution in [0.1, 0.15) is 44.3 Å². The van der Waals surface area contributed by atoms with E-state index in [0.717, 1.165) is 6.42 Å². The van der Waals surface area contributed by atoms with Crippen LogP contribution in [-0.4, -0.2) is 42.0 Å². The Morgan fingerprint density at radius 2 is 2.09 bits per heavy atom. The number of amides is 2. The fourth-order valence-electron chi connectivity index (χ4n) is 2.69. The van der Waals surface area contributed by atoms with Gasteiger partial charge in [-0.1, -0.05) is 24.9 Å². The van der Waals surface area contributed by atoms with Crippen molar-refractivity contribution in [2.75, 3.05) is 19.7 Å². The Bertz CT molecular complexity index is 463. The lowest BCUT2D eigenvalue weighted by Crippen LogP contribution is -2.39. The number of aromatic nitrogens is 2. The SMILES string of the molecule is Cc1noc(CCNC(=O)NCCO[C@@H]2CCCC[C@@H]2C)n1. The van der Waals surface area contributed by atoms with E-state index in [9.17, 15) is 4.79 Å². The Labute approximate surface area is 131 Å². The molecule has 2 atom stereocenters. The zero-order chi connectivity index (χ0) is 15.8. The van der Waals surface area contributed by atoms with Crippen molar-refractivity contribution in [3.8, 4) is 0 Å². The minimum Gasteiger partial charge on any atom is -0.376 e. The second kappa shape index (κ2) is 8.73. The maximum absolute atomic E-state index is 11.6. The molecule has 1 heterocycles. The van der Waals surface area contributed by atoms with Gasteiger partial charge in [0, 0.05) is 19.5 Å². The molecule has 1 aliphatic carbocycles. The second-order valence-electron chi connectivity index (χ2n) is 5.84. The Morgan fingerprint density at radius 1 is 1.32 bits per heavy atom. The highest BCUT2D eigenvalue weighted by molar-refractivity contribution is 5.73. The maximum atomic E-state index is 11.6. The summed E-state index contributed by atoms with van der Waals surface area (Å²) in [4.78, 5) is 15.7. The number of ether oxygens (including phenoxy) is 1. The van der Waals surface area contributed by atoms with Crippen LogP contribution < -0.4 is 10.6 Å². The molecule has 0 unspecified atom stereocenters. The molecule has 0 bridgehead atoms. The fourth-order valence-corrected chi connectivity index (χ4v) is 2.69. The van der Waals surface area contributed by atoms with E-state index in [1.165, 1.54) is 19.3 Å². The number of nitrogens with one attached hydrogen (secondary N) is 2. The molecule has 7 heteroatoms. The molecule has 2 amide bonds. The number of carbonyl (C=O) groups excluding carboxylic acids is 1. The lowest BCUT2D eigenvalue weighted by molar-refractivity contribution is -0.00242. The minimum atomic E-state index is -0.198. The van der Waals surface area contributed by atoms with Crippen molar-refractivity contribution in [3.05, 3.63) is 11.7 Å². The molecule has 0 aliphatic heterocycles. The molecule has 1 aromatic heterocycles. The molecule has 2 rings (SSSR count). The third-order valence-corrected chi connectivity index (χ3v) is 3.95. The van der Waals surface area contributed by atoms with Gasteiger partial charge in [0.15, 0.2) is 5.82 Å². The third-order valence-electron chi connectivity index (χ3n) is 3.95. The molecular formula is C15H26N4O3. The first kappa shape index (κ1) is 16.7. The Hall–Kier alpha value is -1.63. The van der Waals surface area contributed by atoms with Gasteiger partial charge in [-0.05, 0) is 25.7 Å². The van der Waals surface area contributed by atoms with E-state index >= 15 is 0 Å². The monoisotopic (exact) mass is 310 g/mol. The first-order valence-corrected chi connectivity index (χ1v) is 8.07. The summed E-state index contributed by atoms with van der Waals surface area (Å²) in [6.07, 6.45) is 5.81. The van der Waals surface area contributed by atoms with Gasteiger partial charge in [0.2, 0.25) is 5.89 Å². The molecule has 7 nitrogen and oxygen atoms in total. The molecule has 124 valence electrons. The highest BCUT2D eigenvalue weighted by Gasteiger charge is 2.21. The predicted molar refractivity (Wildman–Crippen MR) is 81.5 cm³/mol. The van der Waals surface area contributed by atoms with Crippen LogP contribution in [0.4, 0.5) is 4.79 Å². The normalized spacial score (nSPS) is 21.5. The molecule has 22 heavy (non-hydrogen) atoms. The van der Waals surface area contributed by atoms with Crippen LogP contribution in [0.5, 0.6) is 0 Å². The van der Waals surface area contributed by atoms with Crippen molar-refractivity contribution in [1.29, 1.82) is 0 Å². The van der Waals surface area contributed by atoms with Gasteiger partial charge in [0.05, 0.1) is 12.7 Å². The summed E-state index contributed by atoms with van der Waals surface area (Å²) < 4.78 is 10.8. The van der Waals surface area contributed by atoms with E-state index in [1.807, 2.05) is 0 Å². The number of carbonyl (C=O) groups is 1. The van der Waals surface area contributed by atoms with E-state index in [-0.39, 0.29) is 6.03 Å². The maximum Gasteiger partial charge on any atom is 0.314 e. The summed E-state index contributed by atoms with van der Waals surface area (Å²) in [5.41, 5.74) is 0. The average molecular weight is 310 g/mol.